The minimum atomic E-state index is -0.487. The van der Waals surface area contributed by atoms with Crippen molar-refractivity contribution in [1.29, 1.82) is 0 Å². The van der Waals surface area contributed by atoms with E-state index in [1.54, 1.807) is 6.20 Å². The van der Waals surface area contributed by atoms with E-state index in [9.17, 15) is 0 Å². The van der Waals surface area contributed by atoms with Crippen molar-refractivity contribution in [2.24, 2.45) is 0 Å². The van der Waals surface area contributed by atoms with E-state index in [4.69, 9.17) is 16.3 Å². The minimum absolute atomic E-state index is 0.428. The number of aromatic nitrogens is 4. The van der Waals surface area contributed by atoms with Gasteiger partial charge in [-0.25, -0.2) is 0 Å². The fourth-order valence-electron chi connectivity index (χ4n) is 3.10. The molecule has 6 nitrogen and oxygen atoms in total. The number of rotatable bonds is 4. The summed E-state index contributed by atoms with van der Waals surface area (Å²) in [4.78, 5) is 9.08. The SMILES string of the molecule is Clc1ccc(CSc2nnc3c(n2)O[C@H](c2ccccn2)Nc2ccccc2-3)cc1. The number of nitrogens with one attached hydrogen (secondary N) is 1. The number of para-hydroxylation sites is 1. The lowest BCUT2D eigenvalue weighted by molar-refractivity contribution is 0.220. The second kappa shape index (κ2) is 8.30. The van der Waals surface area contributed by atoms with E-state index in [0.29, 0.717) is 27.5 Å². The Morgan fingerprint density at radius 3 is 2.63 bits per heavy atom. The summed E-state index contributed by atoms with van der Waals surface area (Å²) < 4.78 is 6.22. The van der Waals surface area contributed by atoms with Gasteiger partial charge >= 0.3 is 0 Å². The molecule has 1 N–H and O–H groups in total. The summed E-state index contributed by atoms with van der Waals surface area (Å²) in [7, 11) is 0. The van der Waals surface area contributed by atoms with E-state index in [1.807, 2.05) is 66.7 Å². The highest BCUT2D eigenvalue weighted by atomic mass is 35.5. The third kappa shape index (κ3) is 3.94. The zero-order valence-corrected chi connectivity index (χ0v) is 17.3. The zero-order chi connectivity index (χ0) is 20.3. The molecule has 148 valence electrons. The van der Waals surface area contributed by atoms with Crippen molar-refractivity contribution in [3.8, 4) is 17.1 Å². The normalized spacial score (nSPS) is 14.6. The van der Waals surface area contributed by atoms with Gasteiger partial charge in [-0.1, -0.05) is 59.8 Å². The van der Waals surface area contributed by atoms with Gasteiger partial charge in [-0.2, -0.15) is 4.98 Å². The summed E-state index contributed by atoms with van der Waals surface area (Å²) in [5.41, 5.74) is 4.27. The number of thioether (sulfide) groups is 1. The summed E-state index contributed by atoms with van der Waals surface area (Å²) >= 11 is 7.45. The summed E-state index contributed by atoms with van der Waals surface area (Å²) in [5.74, 6) is 1.13. The Hall–Kier alpha value is -3.16. The molecule has 0 amide bonds. The molecule has 2 aromatic carbocycles. The van der Waals surface area contributed by atoms with Crippen LogP contribution in [0.4, 0.5) is 5.69 Å². The molecule has 0 radical (unpaired) electrons. The average molecular weight is 434 g/mol. The lowest BCUT2D eigenvalue weighted by atomic mass is 10.1. The van der Waals surface area contributed by atoms with E-state index in [2.05, 4.69) is 25.5 Å². The molecule has 0 aliphatic carbocycles. The van der Waals surface area contributed by atoms with Gasteiger partial charge < -0.3 is 10.1 Å². The summed E-state index contributed by atoms with van der Waals surface area (Å²) in [6.07, 6.45) is 1.25. The largest absolute Gasteiger partial charge is 0.446 e. The highest BCUT2D eigenvalue weighted by Crippen LogP contribution is 2.39. The average Bonchev–Trinajstić information content (AvgIpc) is 2.96. The van der Waals surface area contributed by atoms with Gasteiger partial charge in [0.05, 0.1) is 0 Å². The molecule has 1 aliphatic heterocycles. The van der Waals surface area contributed by atoms with Crippen LogP contribution in [0.5, 0.6) is 5.88 Å². The lowest BCUT2D eigenvalue weighted by Crippen LogP contribution is -2.18. The number of anilines is 1. The van der Waals surface area contributed by atoms with Crippen molar-refractivity contribution in [2.45, 2.75) is 17.1 Å². The first kappa shape index (κ1) is 18.8. The van der Waals surface area contributed by atoms with Crippen molar-refractivity contribution in [2.75, 3.05) is 5.32 Å². The van der Waals surface area contributed by atoms with Gasteiger partial charge in [0.25, 0.3) is 0 Å². The first-order valence-corrected chi connectivity index (χ1v) is 10.7. The van der Waals surface area contributed by atoms with Crippen molar-refractivity contribution in [3.63, 3.8) is 0 Å². The summed E-state index contributed by atoms with van der Waals surface area (Å²) in [5, 5.41) is 13.4. The fourth-order valence-corrected chi connectivity index (χ4v) is 3.96. The highest BCUT2D eigenvalue weighted by molar-refractivity contribution is 7.98. The number of ether oxygens (including phenoxy) is 1. The van der Waals surface area contributed by atoms with E-state index in [0.717, 1.165) is 22.5 Å². The molecule has 8 heteroatoms. The number of hydrogen-bond donors (Lipinski definition) is 1. The van der Waals surface area contributed by atoms with Crippen LogP contribution in [0, 0.1) is 0 Å². The molecule has 0 saturated heterocycles. The molecule has 1 atom stereocenters. The highest BCUT2D eigenvalue weighted by Gasteiger charge is 2.26. The quantitative estimate of drug-likeness (QED) is 0.433. The van der Waals surface area contributed by atoms with Crippen LogP contribution in [-0.2, 0) is 5.75 Å². The maximum Gasteiger partial charge on any atom is 0.247 e. The maximum absolute atomic E-state index is 6.22. The van der Waals surface area contributed by atoms with Crippen LogP contribution < -0.4 is 10.1 Å². The molecule has 5 rings (SSSR count). The Morgan fingerprint density at radius 2 is 1.80 bits per heavy atom. The Balaban J connectivity index is 1.48. The van der Waals surface area contributed by atoms with Crippen LogP contribution in [-0.4, -0.2) is 20.2 Å². The predicted molar refractivity (Wildman–Crippen MR) is 118 cm³/mol. The Morgan fingerprint density at radius 1 is 0.967 bits per heavy atom. The number of hydrogen-bond acceptors (Lipinski definition) is 7. The monoisotopic (exact) mass is 433 g/mol. The molecule has 0 spiro atoms. The third-order valence-electron chi connectivity index (χ3n) is 4.57. The van der Waals surface area contributed by atoms with Crippen LogP contribution >= 0.6 is 23.4 Å². The molecule has 0 bridgehead atoms. The van der Waals surface area contributed by atoms with Crippen LogP contribution in [0.1, 0.15) is 17.5 Å². The molecular formula is C22H16ClN5OS. The third-order valence-corrected chi connectivity index (χ3v) is 5.73. The van der Waals surface area contributed by atoms with Crippen LogP contribution in [0.15, 0.2) is 78.1 Å². The standard InChI is InChI=1S/C22H16ClN5OS/c23-15-10-8-14(9-11-15)13-30-22-26-21-19(27-28-22)16-5-1-2-6-17(16)25-20(29-21)18-7-3-4-12-24-18/h1-12,20,25H,13H2/t20-/m1/s1. The van der Waals surface area contributed by atoms with Crippen LogP contribution in [0.2, 0.25) is 5.02 Å². The second-order valence-corrected chi connectivity index (χ2v) is 7.98. The molecule has 2 aromatic heterocycles. The number of fused-ring (bicyclic) bond motifs is 3. The topological polar surface area (TPSA) is 72.8 Å². The fraction of sp³-hybridized carbons (Fsp3) is 0.0909. The lowest BCUT2D eigenvalue weighted by Gasteiger charge is -2.18. The van der Waals surface area contributed by atoms with Gasteiger partial charge in [0.15, 0.2) is 5.69 Å². The van der Waals surface area contributed by atoms with Crippen molar-refractivity contribution in [3.05, 3.63) is 89.2 Å². The minimum Gasteiger partial charge on any atom is -0.446 e. The summed E-state index contributed by atoms with van der Waals surface area (Å²) in [6.45, 7) is 0. The predicted octanol–water partition coefficient (Wildman–Crippen LogP) is 5.38. The zero-order valence-electron chi connectivity index (χ0n) is 15.7. The smallest absolute Gasteiger partial charge is 0.247 e. The first-order chi connectivity index (χ1) is 14.8. The molecule has 0 saturated carbocycles. The number of nitrogens with zero attached hydrogens (tertiary/aromatic N) is 4. The van der Waals surface area contributed by atoms with Crippen LogP contribution in [0.25, 0.3) is 11.3 Å². The van der Waals surface area contributed by atoms with Crippen molar-refractivity contribution >= 4 is 29.1 Å². The Kier molecular flexibility index (Phi) is 5.21. The number of pyridine rings is 1. The second-order valence-electron chi connectivity index (χ2n) is 6.61. The molecule has 0 unspecified atom stereocenters. The first-order valence-electron chi connectivity index (χ1n) is 9.32. The summed E-state index contributed by atoms with van der Waals surface area (Å²) in [6, 6.07) is 21.3. The molecule has 1 aliphatic rings. The van der Waals surface area contributed by atoms with E-state index in [1.165, 1.54) is 11.8 Å². The van der Waals surface area contributed by atoms with E-state index < -0.39 is 6.23 Å². The Labute approximate surface area is 182 Å². The van der Waals surface area contributed by atoms with Gasteiger partial charge in [0.1, 0.15) is 5.69 Å². The van der Waals surface area contributed by atoms with E-state index >= 15 is 0 Å². The number of benzene rings is 2. The Bertz CT molecular complexity index is 1170. The van der Waals surface area contributed by atoms with Crippen molar-refractivity contribution < 1.29 is 4.74 Å². The van der Waals surface area contributed by atoms with Gasteiger partial charge in [-0.05, 0) is 35.9 Å². The van der Waals surface area contributed by atoms with Gasteiger partial charge in [-0.3, -0.25) is 4.98 Å². The molecule has 30 heavy (non-hydrogen) atoms. The maximum atomic E-state index is 6.22. The van der Waals surface area contributed by atoms with Gasteiger partial charge in [0.2, 0.25) is 17.3 Å². The molecule has 3 heterocycles. The van der Waals surface area contributed by atoms with Gasteiger partial charge in [0, 0.05) is 28.2 Å². The van der Waals surface area contributed by atoms with Crippen molar-refractivity contribution in [1.82, 2.24) is 20.2 Å². The molecule has 4 aromatic rings. The number of halogens is 1. The van der Waals surface area contributed by atoms with E-state index in [-0.39, 0.29) is 0 Å². The van der Waals surface area contributed by atoms with Gasteiger partial charge in [-0.15, -0.1) is 10.2 Å². The molecular weight excluding hydrogens is 418 g/mol. The molecule has 0 fully saturated rings. The van der Waals surface area contributed by atoms with Crippen LogP contribution in [0.3, 0.4) is 0 Å².